The average Bonchev–Trinajstić information content (AvgIpc) is 3.26. The van der Waals surface area contributed by atoms with E-state index in [1.165, 1.54) is 33.3 Å². The fourth-order valence-corrected chi connectivity index (χ4v) is 3.92. The Morgan fingerprint density at radius 1 is 1.09 bits per heavy atom. The highest BCUT2D eigenvalue weighted by Gasteiger charge is 2.24. The first kappa shape index (κ1) is 23.2. The molecule has 0 saturated heterocycles. The lowest BCUT2D eigenvalue weighted by molar-refractivity contribution is -0.147. The minimum atomic E-state index is -3.87. The molecule has 3 rings (SSSR count). The van der Waals surface area contributed by atoms with Gasteiger partial charge in [-0.05, 0) is 44.2 Å². The lowest BCUT2D eigenvalue weighted by atomic mass is 10.2. The van der Waals surface area contributed by atoms with Crippen LogP contribution in [0.5, 0.6) is 11.5 Å². The van der Waals surface area contributed by atoms with Crippen molar-refractivity contribution in [3.63, 3.8) is 0 Å². The summed E-state index contributed by atoms with van der Waals surface area (Å²) in [5, 5.41) is 3.86. The summed E-state index contributed by atoms with van der Waals surface area (Å²) < 4.78 is 47.8. The van der Waals surface area contributed by atoms with Crippen molar-refractivity contribution < 1.29 is 31.9 Å². The highest BCUT2D eigenvalue weighted by molar-refractivity contribution is 7.89. The molecule has 0 amide bonds. The van der Waals surface area contributed by atoms with Gasteiger partial charge in [-0.3, -0.25) is 4.79 Å². The molecule has 1 atom stereocenters. The van der Waals surface area contributed by atoms with Crippen molar-refractivity contribution >= 4 is 16.0 Å². The monoisotopic (exact) mass is 461 g/mol. The SMILES string of the molecule is COc1ccc(-c2noc(COC(=O)[C@@H](C)NS(=O)(=O)c3ccc(C)cc3)n2)cc1OC. The van der Waals surface area contributed by atoms with Crippen molar-refractivity contribution in [3.05, 3.63) is 53.9 Å². The van der Waals surface area contributed by atoms with E-state index >= 15 is 0 Å². The van der Waals surface area contributed by atoms with Gasteiger partial charge in [0.25, 0.3) is 5.89 Å². The van der Waals surface area contributed by atoms with Gasteiger partial charge in [0.15, 0.2) is 18.1 Å². The fourth-order valence-electron chi connectivity index (χ4n) is 2.73. The van der Waals surface area contributed by atoms with Crippen LogP contribution >= 0.6 is 0 Å². The summed E-state index contributed by atoms with van der Waals surface area (Å²) in [4.78, 5) is 16.5. The Bertz CT molecular complexity index is 1190. The Morgan fingerprint density at radius 2 is 1.78 bits per heavy atom. The summed E-state index contributed by atoms with van der Waals surface area (Å²) in [6, 6.07) is 10.3. The Hall–Kier alpha value is -3.44. The molecule has 32 heavy (non-hydrogen) atoms. The minimum Gasteiger partial charge on any atom is -0.493 e. The van der Waals surface area contributed by atoms with Crippen molar-refractivity contribution in [2.24, 2.45) is 0 Å². The van der Waals surface area contributed by atoms with Crippen LogP contribution < -0.4 is 14.2 Å². The third-order valence-electron chi connectivity index (χ3n) is 4.46. The summed E-state index contributed by atoms with van der Waals surface area (Å²) >= 11 is 0. The van der Waals surface area contributed by atoms with E-state index in [-0.39, 0.29) is 23.2 Å². The van der Waals surface area contributed by atoms with Crippen LogP contribution in [0.1, 0.15) is 18.4 Å². The number of sulfonamides is 1. The number of hydrogen-bond donors (Lipinski definition) is 1. The molecule has 0 radical (unpaired) electrons. The summed E-state index contributed by atoms with van der Waals surface area (Å²) in [5.41, 5.74) is 1.53. The van der Waals surface area contributed by atoms with Crippen LogP contribution in [0.3, 0.4) is 0 Å². The van der Waals surface area contributed by atoms with E-state index in [1.807, 2.05) is 6.92 Å². The number of benzene rings is 2. The van der Waals surface area contributed by atoms with Gasteiger partial charge in [-0.1, -0.05) is 22.9 Å². The summed E-state index contributed by atoms with van der Waals surface area (Å²) in [6.45, 7) is 2.92. The molecule has 0 aliphatic heterocycles. The van der Waals surface area contributed by atoms with Crippen molar-refractivity contribution in [2.75, 3.05) is 14.2 Å². The fraction of sp³-hybridized carbons (Fsp3) is 0.286. The van der Waals surface area contributed by atoms with E-state index in [0.29, 0.717) is 17.1 Å². The van der Waals surface area contributed by atoms with E-state index in [1.54, 1.807) is 30.3 Å². The molecule has 1 aromatic heterocycles. The zero-order valence-corrected chi connectivity index (χ0v) is 18.8. The molecule has 2 aromatic carbocycles. The van der Waals surface area contributed by atoms with Crippen LogP contribution in [0.4, 0.5) is 0 Å². The molecule has 1 heterocycles. The molecule has 0 fully saturated rings. The van der Waals surface area contributed by atoms with Crippen molar-refractivity contribution in [3.8, 4) is 22.9 Å². The van der Waals surface area contributed by atoms with Crippen LogP contribution in [0.15, 0.2) is 51.9 Å². The second kappa shape index (κ2) is 9.79. The third-order valence-corrected chi connectivity index (χ3v) is 6.02. The van der Waals surface area contributed by atoms with Gasteiger partial charge in [-0.25, -0.2) is 8.42 Å². The van der Waals surface area contributed by atoms with Gasteiger partial charge >= 0.3 is 5.97 Å². The molecule has 0 spiro atoms. The van der Waals surface area contributed by atoms with Crippen molar-refractivity contribution in [1.82, 2.24) is 14.9 Å². The maximum atomic E-state index is 12.4. The number of rotatable bonds is 9. The number of carbonyl (C=O) groups is 1. The van der Waals surface area contributed by atoms with Gasteiger partial charge in [0.1, 0.15) is 6.04 Å². The first-order chi connectivity index (χ1) is 15.2. The normalized spacial score (nSPS) is 12.2. The van der Waals surface area contributed by atoms with Crippen LogP contribution in [0.2, 0.25) is 0 Å². The van der Waals surface area contributed by atoms with E-state index in [4.69, 9.17) is 18.7 Å². The van der Waals surface area contributed by atoms with Gasteiger partial charge in [-0.2, -0.15) is 9.71 Å². The zero-order chi connectivity index (χ0) is 23.3. The lowest BCUT2D eigenvalue weighted by Gasteiger charge is -2.13. The lowest BCUT2D eigenvalue weighted by Crippen LogP contribution is -2.39. The second-order valence-corrected chi connectivity index (χ2v) is 8.56. The number of hydrogen-bond acceptors (Lipinski definition) is 9. The molecular weight excluding hydrogens is 438 g/mol. The Labute approximate surface area is 185 Å². The summed E-state index contributed by atoms with van der Waals surface area (Å²) in [5.74, 6) is 0.585. The molecule has 0 unspecified atom stereocenters. The second-order valence-electron chi connectivity index (χ2n) is 6.85. The molecule has 3 aromatic rings. The standard InChI is InChI=1S/C21H23N3O7S/c1-13-5-8-16(9-6-13)32(26,27)24-14(2)21(25)30-12-19-22-20(23-31-19)15-7-10-17(28-3)18(11-15)29-4/h5-11,14,24H,12H2,1-4H3/t14-/m1/s1. The van der Waals surface area contributed by atoms with E-state index < -0.39 is 22.0 Å². The Balaban J connectivity index is 1.60. The number of methoxy groups -OCH3 is 2. The maximum absolute atomic E-state index is 12.4. The van der Waals surface area contributed by atoms with Gasteiger partial charge in [0, 0.05) is 5.56 Å². The van der Waals surface area contributed by atoms with Gasteiger partial charge in [-0.15, -0.1) is 0 Å². The molecule has 11 heteroatoms. The Morgan fingerprint density at radius 3 is 2.44 bits per heavy atom. The van der Waals surface area contributed by atoms with Crippen LogP contribution in [-0.2, 0) is 26.2 Å². The quantitative estimate of drug-likeness (QED) is 0.478. The van der Waals surface area contributed by atoms with Crippen molar-refractivity contribution in [1.29, 1.82) is 0 Å². The number of nitrogens with one attached hydrogen (secondary N) is 1. The predicted octanol–water partition coefficient (Wildman–Crippen LogP) is 2.47. The van der Waals surface area contributed by atoms with Crippen LogP contribution in [0, 0.1) is 6.92 Å². The topological polar surface area (TPSA) is 130 Å². The third kappa shape index (κ3) is 5.42. The number of nitrogens with zero attached hydrogens (tertiary/aromatic N) is 2. The first-order valence-electron chi connectivity index (χ1n) is 9.54. The van der Waals surface area contributed by atoms with Crippen LogP contribution in [0.25, 0.3) is 11.4 Å². The van der Waals surface area contributed by atoms with E-state index in [0.717, 1.165) is 5.56 Å². The first-order valence-corrected chi connectivity index (χ1v) is 11.0. The van der Waals surface area contributed by atoms with Gasteiger partial charge in [0.2, 0.25) is 15.8 Å². The number of aryl methyl sites for hydroxylation is 1. The van der Waals surface area contributed by atoms with E-state index in [2.05, 4.69) is 14.9 Å². The van der Waals surface area contributed by atoms with Crippen molar-refractivity contribution in [2.45, 2.75) is 31.4 Å². The molecule has 170 valence electrons. The number of carbonyl (C=O) groups excluding carboxylic acids is 1. The smallest absolute Gasteiger partial charge is 0.324 e. The highest BCUT2D eigenvalue weighted by Crippen LogP contribution is 2.31. The highest BCUT2D eigenvalue weighted by atomic mass is 32.2. The molecule has 0 aliphatic carbocycles. The largest absolute Gasteiger partial charge is 0.493 e. The maximum Gasteiger partial charge on any atom is 0.324 e. The Kier molecular flexibility index (Phi) is 7.11. The molecule has 10 nitrogen and oxygen atoms in total. The minimum absolute atomic E-state index is 0.0525. The molecular formula is C21H23N3O7S. The number of ether oxygens (including phenoxy) is 3. The summed E-state index contributed by atoms with van der Waals surface area (Å²) in [6.07, 6.45) is 0. The summed E-state index contributed by atoms with van der Waals surface area (Å²) in [7, 11) is -0.834. The zero-order valence-electron chi connectivity index (χ0n) is 18.0. The van der Waals surface area contributed by atoms with Gasteiger partial charge < -0.3 is 18.7 Å². The molecule has 0 aliphatic rings. The number of aromatic nitrogens is 2. The van der Waals surface area contributed by atoms with Crippen LogP contribution in [-0.4, -0.2) is 44.8 Å². The molecule has 0 saturated carbocycles. The van der Waals surface area contributed by atoms with Gasteiger partial charge in [0.05, 0.1) is 19.1 Å². The predicted molar refractivity (Wildman–Crippen MR) is 114 cm³/mol. The van der Waals surface area contributed by atoms with E-state index in [9.17, 15) is 13.2 Å². The molecule has 1 N–H and O–H groups in total. The molecule has 0 bridgehead atoms. The number of esters is 1. The average molecular weight is 461 g/mol.